The minimum Gasteiger partial charge on any atom is -0.478 e. The van der Waals surface area contributed by atoms with E-state index < -0.39 is 5.97 Å². The molecule has 8 nitrogen and oxygen atoms in total. The van der Waals surface area contributed by atoms with Crippen molar-refractivity contribution in [2.75, 3.05) is 5.32 Å². The maximum absolute atomic E-state index is 11.5. The first-order valence-electron chi connectivity index (χ1n) is 9.04. The van der Waals surface area contributed by atoms with Crippen LogP contribution in [0.5, 0.6) is 11.5 Å². The lowest BCUT2D eigenvalue weighted by Gasteiger charge is -2.09. The third kappa shape index (κ3) is 4.24. The van der Waals surface area contributed by atoms with Gasteiger partial charge in [-0.2, -0.15) is 0 Å². The third-order valence-electron chi connectivity index (χ3n) is 4.34. The summed E-state index contributed by atoms with van der Waals surface area (Å²) in [7, 11) is 0. The molecule has 9 heteroatoms. The zero-order chi connectivity index (χ0) is 22.0. The number of nitrogens with zero attached hydrogens (tertiary/aromatic N) is 2. The van der Waals surface area contributed by atoms with Crippen LogP contribution in [0.3, 0.4) is 0 Å². The number of nitrogens with one attached hydrogen (secondary N) is 2. The second kappa shape index (κ2) is 8.29. The molecule has 0 spiro atoms. The molecule has 0 aliphatic carbocycles. The van der Waals surface area contributed by atoms with Gasteiger partial charge in [0.15, 0.2) is 16.9 Å². The van der Waals surface area contributed by atoms with Crippen molar-refractivity contribution in [3.8, 4) is 22.9 Å². The minimum absolute atomic E-state index is 0.175. The lowest BCUT2D eigenvalue weighted by molar-refractivity contribution is -0.111. The van der Waals surface area contributed by atoms with Crippen molar-refractivity contribution in [1.29, 1.82) is 0 Å². The molecule has 0 radical (unpaired) electrons. The maximum Gasteiger partial charge on any atom is 0.335 e. The number of imidazole rings is 1. The predicted molar refractivity (Wildman–Crippen MR) is 117 cm³/mol. The first kappa shape index (κ1) is 20.1. The highest BCUT2D eigenvalue weighted by Crippen LogP contribution is 2.36. The van der Waals surface area contributed by atoms with Crippen LogP contribution >= 0.6 is 11.6 Å². The number of carboxylic acid groups (broad SMARTS) is 1. The minimum atomic E-state index is -1.01. The average Bonchev–Trinajstić information content (AvgIpc) is 3.20. The molecular formula is C22H15ClN4O4. The molecule has 4 rings (SSSR count). The maximum atomic E-state index is 11.5. The van der Waals surface area contributed by atoms with Crippen LogP contribution in [0, 0.1) is 0 Å². The molecule has 0 aliphatic heterocycles. The highest BCUT2D eigenvalue weighted by molar-refractivity contribution is 6.32. The number of ether oxygens (including phenoxy) is 1. The third-order valence-corrected chi connectivity index (χ3v) is 4.61. The van der Waals surface area contributed by atoms with Crippen LogP contribution in [-0.4, -0.2) is 31.9 Å². The van der Waals surface area contributed by atoms with Crippen molar-refractivity contribution >= 4 is 40.3 Å². The number of hydrogen-bond donors (Lipinski definition) is 3. The van der Waals surface area contributed by atoms with Gasteiger partial charge in [0.25, 0.3) is 0 Å². The number of anilines is 1. The number of carbonyl (C=O) groups is 2. The summed E-state index contributed by atoms with van der Waals surface area (Å²) < 4.78 is 5.97. The number of fused-ring (bicyclic) bond motifs is 1. The molecule has 3 N–H and O–H groups in total. The Morgan fingerprint density at radius 2 is 1.97 bits per heavy atom. The SMILES string of the molecule is C=CC(=O)Nc1cccc(Oc2c(Cl)cnc3[nH]c(-c4ccc(C(=O)O)cc4)nc23)c1. The summed E-state index contributed by atoms with van der Waals surface area (Å²) in [6, 6.07) is 13.1. The van der Waals surface area contributed by atoms with Gasteiger partial charge in [0.05, 0.1) is 11.8 Å². The Hall–Kier alpha value is -4.17. The van der Waals surface area contributed by atoms with E-state index in [4.69, 9.17) is 21.4 Å². The van der Waals surface area contributed by atoms with Crippen molar-refractivity contribution in [2.45, 2.75) is 0 Å². The van der Waals surface area contributed by atoms with E-state index in [-0.39, 0.29) is 16.5 Å². The van der Waals surface area contributed by atoms with Crippen LogP contribution in [0.2, 0.25) is 5.02 Å². The number of aromatic amines is 1. The summed E-state index contributed by atoms with van der Waals surface area (Å²) in [5.74, 6) is -0.132. The van der Waals surface area contributed by atoms with E-state index in [1.807, 2.05) is 0 Å². The smallest absolute Gasteiger partial charge is 0.335 e. The van der Waals surface area contributed by atoms with Gasteiger partial charge < -0.3 is 20.1 Å². The molecule has 0 atom stereocenters. The number of rotatable bonds is 6. The first-order chi connectivity index (χ1) is 14.9. The standard InChI is InChI=1S/C22H15ClN4O4/c1-2-17(28)25-14-4-3-5-15(10-14)31-19-16(23)11-24-21-18(19)26-20(27-21)12-6-8-13(9-7-12)22(29)30/h2-11H,1H2,(H,25,28)(H,29,30)(H,24,26,27). The molecule has 2 aromatic heterocycles. The Morgan fingerprint density at radius 1 is 1.19 bits per heavy atom. The predicted octanol–water partition coefficient (Wildman–Crippen LogP) is 4.89. The van der Waals surface area contributed by atoms with Crippen molar-refractivity contribution in [2.24, 2.45) is 0 Å². The van der Waals surface area contributed by atoms with Crippen LogP contribution in [0.15, 0.2) is 67.4 Å². The largest absolute Gasteiger partial charge is 0.478 e. The molecule has 0 saturated heterocycles. The van der Waals surface area contributed by atoms with E-state index in [9.17, 15) is 9.59 Å². The van der Waals surface area contributed by atoms with Gasteiger partial charge in [0.2, 0.25) is 5.91 Å². The molecule has 4 aromatic rings. The van der Waals surface area contributed by atoms with E-state index in [0.29, 0.717) is 39.7 Å². The molecule has 31 heavy (non-hydrogen) atoms. The number of carboxylic acids is 1. The number of benzene rings is 2. The van der Waals surface area contributed by atoms with Crippen LogP contribution < -0.4 is 10.1 Å². The zero-order valence-electron chi connectivity index (χ0n) is 15.9. The second-order valence-electron chi connectivity index (χ2n) is 6.42. The highest BCUT2D eigenvalue weighted by Gasteiger charge is 2.16. The molecule has 2 heterocycles. The number of halogens is 1. The fourth-order valence-electron chi connectivity index (χ4n) is 2.86. The monoisotopic (exact) mass is 434 g/mol. The van der Waals surface area contributed by atoms with Gasteiger partial charge in [-0.05, 0) is 30.3 Å². The van der Waals surface area contributed by atoms with Gasteiger partial charge in [-0.3, -0.25) is 4.79 Å². The van der Waals surface area contributed by atoms with Gasteiger partial charge >= 0.3 is 5.97 Å². The number of amides is 1. The number of H-pyrrole nitrogens is 1. The van der Waals surface area contributed by atoms with Crippen LogP contribution in [-0.2, 0) is 4.79 Å². The molecule has 0 unspecified atom stereocenters. The van der Waals surface area contributed by atoms with Crippen molar-refractivity contribution < 1.29 is 19.4 Å². The lowest BCUT2D eigenvalue weighted by atomic mass is 10.1. The van der Waals surface area contributed by atoms with Gasteiger partial charge in [0.1, 0.15) is 16.6 Å². The van der Waals surface area contributed by atoms with Gasteiger partial charge in [-0.15, -0.1) is 0 Å². The van der Waals surface area contributed by atoms with Crippen molar-refractivity contribution in [3.05, 3.63) is 78.0 Å². The molecule has 0 saturated carbocycles. The Morgan fingerprint density at radius 3 is 2.68 bits per heavy atom. The summed E-state index contributed by atoms with van der Waals surface area (Å²) in [5, 5.41) is 12.0. The van der Waals surface area contributed by atoms with Crippen LogP contribution in [0.1, 0.15) is 10.4 Å². The van der Waals surface area contributed by atoms with Crippen molar-refractivity contribution in [1.82, 2.24) is 15.0 Å². The average molecular weight is 435 g/mol. The highest BCUT2D eigenvalue weighted by atomic mass is 35.5. The summed E-state index contributed by atoms with van der Waals surface area (Å²) in [5.41, 5.74) is 2.25. The fraction of sp³-hybridized carbons (Fsp3) is 0. The molecular weight excluding hydrogens is 420 g/mol. The Balaban J connectivity index is 1.69. The Kier molecular flexibility index (Phi) is 5.38. The molecule has 2 aromatic carbocycles. The summed E-state index contributed by atoms with van der Waals surface area (Å²) >= 11 is 6.32. The summed E-state index contributed by atoms with van der Waals surface area (Å²) in [6.45, 7) is 3.42. The van der Waals surface area contributed by atoms with E-state index in [2.05, 4.69) is 26.8 Å². The van der Waals surface area contributed by atoms with E-state index in [0.717, 1.165) is 0 Å². The number of hydrogen-bond acceptors (Lipinski definition) is 5. The number of pyridine rings is 1. The lowest BCUT2D eigenvalue weighted by Crippen LogP contribution is -2.06. The molecule has 0 fully saturated rings. The zero-order valence-corrected chi connectivity index (χ0v) is 16.7. The first-order valence-corrected chi connectivity index (χ1v) is 9.41. The fourth-order valence-corrected chi connectivity index (χ4v) is 3.04. The van der Waals surface area contributed by atoms with E-state index in [1.54, 1.807) is 36.4 Å². The van der Waals surface area contributed by atoms with E-state index in [1.165, 1.54) is 24.4 Å². The quantitative estimate of drug-likeness (QED) is 0.372. The van der Waals surface area contributed by atoms with Crippen LogP contribution in [0.4, 0.5) is 5.69 Å². The van der Waals surface area contributed by atoms with Crippen molar-refractivity contribution in [3.63, 3.8) is 0 Å². The number of carbonyl (C=O) groups excluding carboxylic acids is 1. The Labute approximate surface area is 181 Å². The topological polar surface area (TPSA) is 117 Å². The molecule has 1 amide bonds. The van der Waals surface area contributed by atoms with Gasteiger partial charge in [-0.1, -0.05) is 36.4 Å². The molecule has 0 bridgehead atoms. The normalized spacial score (nSPS) is 10.6. The Bertz CT molecular complexity index is 1320. The van der Waals surface area contributed by atoms with E-state index >= 15 is 0 Å². The number of aromatic nitrogens is 3. The second-order valence-corrected chi connectivity index (χ2v) is 6.83. The molecule has 0 aliphatic rings. The van der Waals surface area contributed by atoms with Gasteiger partial charge in [0, 0.05) is 17.3 Å². The van der Waals surface area contributed by atoms with Gasteiger partial charge in [-0.25, -0.2) is 14.8 Å². The summed E-state index contributed by atoms with van der Waals surface area (Å²) in [4.78, 5) is 34.5. The number of aromatic carboxylic acids is 1. The van der Waals surface area contributed by atoms with Crippen LogP contribution in [0.25, 0.3) is 22.6 Å². The molecule has 154 valence electrons. The summed E-state index contributed by atoms with van der Waals surface area (Å²) in [6.07, 6.45) is 2.61.